The number of carbonyl (C=O) groups is 1. The molecule has 80 valence electrons. The summed E-state index contributed by atoms with van der Waals surface area (Å²) in [5.74, 6) is -0.198. The second-order valence-electron chi connectivity index (χ2n) is 3.54. The molecule has 0 saturated heterocycles. The van der Waals surface area contributed by atoms with Gasteiger partial charge < -0.3 is 10.1 Å². The number of esters is 1. The van der Waals surface area contributed by atoms with Crippen LogP contribution in [-0.2, 0) is 22.5 Å². The molecule has 0 amide bonds. The van der Waals surface area contributed by atoms with Crippen LogP contribution >= 0.6 is 15.9 Å². The summed E-state index contributed by atoms with van der Waals surface area (Å²) in [6, 6.07) is 5.85. The molecule has 2 rings (SSSR count). The number of fused-ring (bicyclic) bond motifs is 1. The molecule has 1 heterocycles. The Morgan fingerprint density at radius 1 is 1.60 bits per heavy atom. The summed E-state index contributed by atoms with van der Waals surface area (Å²) in [6.45, 7) is 0.717. The minimum absolute atomic E-state index is 0.198. The van der Waals surface area contributed by atoms with Crippen molar-refractivity contribution in [3.05, 3.63) is 33.8 Å². The molecule has 1 aliphatic rings. The summed E-state index contributed by atoms with van der Waals surface area (Å²) in [5.41, 5.74) is 2.44. The molecule has 1 N–H and O–H groups in total. The largest absolute Gasteiger partial charge is 0.468 e. The molecule has 0 aromatic heterocycles. The lowest BCUT2D eigenvalue weighted by molar-refractivity contribution is -0.143. The van der Waals surface area contributed by atoms with E-state index in [1.807, 2.05) is 12.1 Å². The zero-order valence-corrected chi connectivity index (χ0v) is 10.0. The Morgan fingerprint density at radius 2 is 2.40 bits per heavy atom. The molecular formula is C11H12BrNO2. The lowest BCUT2D eigenvalue weighted by atomic mass is 9.96. The molecule has 0 bridgehead atoms. The van der Waals surface area contributed by atoms with Crippen LogP contribution in [0.25, 0.3) is 0 Å². The molecule has 1 unspecified atom stereocenters. The zero-order chi connectivity index (χ0) is 10.8. The molecule has 0 aliphatic carbocycles. The molecule has 4 heteroatoms. The van der Waals surface area contributed by atoms with Crippen LogP contribution in [0, 0.1) is 0 Å². The molecular weight excluding hydrogens is 258 g/mol. The molecule has 3 nitrogen and oxygen atoms in total. The Kier molecular flexibility index (Phi) is 3.07. The van der Waals surface area contributed by atoms with Gasteiger partial charge in [-0.1, -0.05) is 28.1 Å². The highest BCUT2D eigenvalue weighted by Crippen LogP contribution is 2.25. The maximum absolute atomic E-state index is 11.4. The quantitative estimate of drug-likeness (QED) is 0.788. The van der Waals surface area contributed by atoms with Gasteiger partial charge in [0, 0.05) is 11.0 Å². The number of methoxy groups -OCH3 is 1. The summed E-state index contributed by atoms with van der Waals surface area (Å²) in [6.07, 6.45) is 0.684. The number of rotatable bonds is 1. The van der Waals surface area contributed by atoms with E-state index in [1.54, 1.807) is 0 Å². The van der Waals surface area contributed by atoms with Crippen LogP contribution in [0.4, 0.5) is 0 Å². The van der Waals surface area contributed by atoms with Crippen molar-refractivity contribution in [2.45, 2.75) is 19.0 Å². The number of carbonyl (C=O) groups excluding carboxylic acids is 1. The molecule has 15 heavy (non-hydrogen) atoms. The third-order valence-electron chi connectivity index (χ3n) is 2.65. The predicted molar refractivity (Wildman–Crippen MR) is 60.5 cm³/mol. The predicted octanol–water partition coefficient (Wildman–Crippen LogP) is 1.64. The van der Waals surface area contributed by atoms with Crippen molar-refractivity contribution in [2.75, 3.05) is 7.11 Å². The summed E-state index contributed by atoms with van der Waals surface area (Å²) in [7, 11) is 1.42. The lowest BCUT2D eigenvalue weighted by Crippen LogP contribution is -2.42. The fourth-order valence-electron chi connectivity index (χ4n) is 1.82. The highest BCUT2D eigenvalue weighted by atomic mass is 79.9. The van der Waals surface area contributed by atoms with Crippen LogP contribution in [0.15, 0.2) is 22.7 Å². The standard InChI is InChI=1S/C11H12BrNO2/c1-15-11(14)10-5-8-7(6-13-10)3-2-4-9(8)12/h2-4,10,13H,5-6H2,1H3. The van der Waals surface area contributed by atoms with Gasteiger partial charge in [-0.05, 0) is 23.6 Å². The molecule has 0 spiro atoms. The Morgan fingerprint density at radius 3 is 3.13 bits per heavy atom. The summed E-state index contributed by atoms with van der Waals surface area (Å²) < 4.78 is 5.79. The topological polar surface area (TPSA) is 38.3 Å². The van der Waals surface area contributed by atoms with Crippen LogP contribution < -0.4 is 5.32 Å². The molecule has 1 aromatic rings. The highest BCUT2D eigenvalue weighted by Gasteiger charge is 2.25. The maximum atomic E-state index is 11.4. The SMILES string of the molecule is COC(=O)C1Cc2c(Br)cccc2CN1. The minimum atomic E-state index is -0.221. The Hall–Kier alpha value is -0.870. The highest BCUT2D eigenvalue weighted by molar-refractivity contribution is 9.10. The van der Waals surface area contributed by atoms with Gasteiger partial charge in [-0.2, -0.15) is 0 Å². The van der Waals surface area contributed by atoms with Crippen molar-refractivity contribution in [2.24, 2.45) is 0 Å². The van der Waals surface area contributed by atoms with Crippen molar-refractivity contribution in [3.63, 3.8) is 0 Å². The fraction of sp³-hybridized carbons (Fsp3) is 0.364. The van der Waals surface area contributed by atoms with Crippen molar-refractivity contribution < 1.29 is 9.53 Å². The summed E-state index contributed by atoms with van der Waals surface area (Å²) >= 11 is 3.50. The number of nitrogens with one attached hydrogen (secondary N) is 1. The third-order valence-corrected chi connectivity index (χ3v) is 3.39. The second kappa shape index (κ2) is 4.33. The molecule has 1 atom stereocenters. The van der Waals surface area contributed by atoms with Crippen LogP contribution in [0.1, 0.15) is 11.1 Å². The number of hydrogen-bond donors (Lipinski definition) is 1. The van der Waals surface area contributed by atoms with Gasteiger partial charge in [0.1, 0.15) is 6.04 Å². The number of halogens is 1. The zero-order valence-electron chi connectivity index (χ0n) is 8.42. The first-order valence-electron chi connectivity index (χ1n) is 4.80. The smallest absolute Gasteiger partial charge is 0.323 e. The molecule has 0 fully saturated rings. The summed E-state index contributed by atoms with van der Waals surface area (Å²) in [5, 5.41) is 3.16. The summed E-state index contributed by atoms with van der Waals surface area (Å²) in [4.78, 5) is 11.4. The van der Waals surface area contributed by atoms with Crippen molar-refractivity contribution >= 4 is 21.9 Å². The third kappa shape index (κ3) is 2.06. The van der Waals surface area contributed by atoms with Gasteiger partial charge in [-0.3, -0.25) is 4.79 Å². The van der Waals surface area contributed by atoms with E-state index in [1.165, 1.54) is 18.2 Å². The molecule has 1 aromatic carbocycles. The van der Waals surface area contributed by atoms with E-state index >= 15 is 0 Å². The van der Waals surface area contributed by atoms with Gasteiger partial charge in [0.2, 0.25) is 0 Å². The van der Waals surface area contributed by atoms with Gasteiger partial charge in [-0.25, -0.2) is 0 Å². The Balaban J connectivity index is 2.26. The van der Waals surface area contributed by atoms with E-state index < -0.39 is 0 Å². The van der Waals surface area contributed by atoms with E-state index in [9.17, 15) is 4.79 Å². The van der Waals surface area contributed by atoms with E-state index in [0.29, 0.717) is 13.0 Å². The average molecular weight is 270 g/mol. The Bertz CT molecular complexity index is 392. The van der Waals surface area contributed by atoms with E-state index in [0.717, 1.165) is 4.47 Å². The van der Waals surface area contributed by atoms with Gasteiger partial charge >= 0.3 is 5.97 Å². The van der Waals surface area contributed by atoms with Crippen LogP contribution in [-0.4, -0.2) is 19.1 Å². The average Bonchev–Trinajstić information content (AvgIpc) is 2.28. The van der Waals surface area contributed by atoms with E-state index in [4.69, 9.17) is 4.74 Å². The van der Waals surface area contributed by atoms with Gasteiger partial charge in [0.25, 0.3) is 0 Å². The van der Waals surface area contributed by atoms with Crippen LogP contribution in [0.2, 0.25) is 0 Å². The number of benzene rings is 1. The van der Waals surface area contributed by atoms with Crippen LogP contribution in [0.5, 0.6) is 0 Å². The van der Waals surface area contributed by atoms with Crippen molar-refractivity contribution in [1.29, 1.82) is 0 Å². The van der Waals surface area contributed by atoms with Crippen molar-refractivity contribution in [1.82, 2.24) is 5.32 Å². The maximum Gasteiger partial charge on any atom is 0.323 e. The second-order valence-corrected chi connectivity index (χ2v) is 4.39. The lowest BCUT2D eigenvalue weighted by Gasteiger charge is -2.24. The van der Waals surface area contributed by atoms with Crippen molar-refractivity contribution in [3.8, 4) is 0 Å². The fourth-order valence-corrected chi connectivity index (χ4v) is 2.39. The number of hydrogen-bond acceptors (Lipinski definition) is 3. The minimum Gasteiger partial charge on any atom is -0.468 e. The molecule has 0 saturated carbocycles. The molecule has 0 radical (unpaired) electrons. The normalized spacial score (nSPS) is 19.5. The monoisotopic (exact) mass is 269 g/mol. The first-order chi connectivity index (χ1) is 7.22. The van der Waals surface area contributed by atoms with E-state index in [-0.39, 0.29) is 12.0 Å². The number of ether oxygens (including phenoxy) is 1. The first kappa shape index (κ1) is 10.6. The van der Waals surface area contributed by atoms with Gasteiger partial charge in [-0.15, -0.1) is 0 Å². The molecule has 1 aliphatic heterocycles. The van der Waals surface area contributed by atoms with Gasteiger partial charge in [0.15, 0.2) is 0 Å². The van der Waals surface area contributed by atoms with Gasteiger partial charge in [0.05, 0.1) is 7.11 Å². The Labute approximate surface area is 96.9 Å². The van der Waals surface area contributed by atoms with Crippen LogP contribution in [0.3, 0.4) is 0 Å². The first-order valence-corrected chi connectivity index (χ1v) is 5.59. The van der Waals surface area contributed by atoms with E-state index in [2.05, 4.69) is 27.3 Å².